The van der Waals surface area contributed by atoms with Gasteiger partial charge in [0.05, 0.1) is 28.7 Å². The lowest BCUT2D eigenvalue weighted by Gasteiger charge is -2.32. The van der Waals surface area contributed by atoms with Crippen molar-refractivity contribution in [3.63, 3.8) is 0 Å². The van der Waals surface area contributed by atoms with Gasteiger partial charge in [-0.3, -0.25) is 10.1 Å². The van der Waals surface area contributed by atoms with E-state index in [0.29, 0.717) is 12.8 Å². The standard InChI is InChI=1S/C21H25BF2N2O4/c1-19(2)20(3,4)30-22(29-19)14-7-5-13(6-8-14)11-16(27)25-17-12-15(26-28-17)21(9-10-21)18(23)24/h5-8,12,18H,9-11H2,1-4H3,(H,25,27). The quantitative estimate of drug-likeness (QED) is 0.728. The molecule has 2 heterocycles. The largest absolute Gasteiger partial charge is 0.494 e. The molecule has 1 N–H and O–H groups in total. The molecule has 30 heavy (non-hydrogen) atoms. The molecule has 1 amide bonds. The first-order valence-corrected chi connectivity index (χ1v) is 10.0. The third-order valence-corrected chi connectivity index (χ3v) is 6.36. The van der Waals surface area contributed by atoms with Gasteiger partial charge < -0.3 is 13.8 Å². The summed E-state index contributed by atoms with van der Waals surface area (Å²) in [7, 11) is -0.463. The lowest BCUT2D eigenvalue weighted by molar-refractivity contribution is -0.115. The van der Waals surface area contributed by atoms with Crippen LogP contribution in [0.2, 0.25) is 0 Å². The molecular weight excluding hydrogens is 393 g/mol. The Hall–Kier alpha value is -2.26. The number of carbonyl (C=O) groups is 1. The number of nitrogens with zero attached hydrogens (tertiary/aromatic N) is 1. The van der Waals surface area contributed by atoms with E-state index in [1.165, 1.54) is 6.07 Å². The van der Waals surface area contributed by atoms with Crippen LogP contribution in [0.3, 0.4) is 0 Å². The average Bonchev–Trinajstić information content (AvgIpc) is 3.29. The molecule has 6 nitrogen and oxygen atoms in total. The third kappa shape index (κ3) is 3.76. The fourth-order valence-electron chi connectivity index (χ4n) is 3.43. The topological polar surface area (TPSA) is 73.6 Å². The van der Waals surface area contributed by atoms with E-state index in [1.54, 1.807) is 0 Å². The summed E-state index contributed by atoms with van der Waals surface area (Å²) in [5, 5.41) is 6.29. The van der Waals surface area contributed by atoms with Gasteiger partial charge in [0.1, 0.15) is 0 Å². The normalized spacial score (nSPS) is 21.1. The third-order valence-electron chi connectivity index (χ3n) is 6.36. The molecule has 0 spiro atoms. The summed E-state index contributed by atoms with van der Waals surface area (Å²) in [5.74, 6) is -0.237. The summed E-state index contributed by atoms with van der Waals surface area (Å²) in [6, 6.07) is 8.80. The van der Waals surface area contributed by atoms with Crippen LogP contribution in [0.25, 0.3) is 0 Å². The molecule has 4 rings (SSSR count). The zero-order chi connectivity index (χ0) is 21.7. The second-order valence-electron chi connectivity index (χ2n) is 9.09. The van der Waals surface area contributed by atoms with Crippen molar-refractivity contribution >= 4 is 24.4 Å². The van der Waals surface area contributed by atoms with Crippen molar-refractivity contribution in [1.82, 2.24) is 5.16 Å². The number of benzene rings is 1. The maximum atomic E-state index is 13.2. The zero-order valence-corrected chi connectivity index (χ0v) is 17.5. The minimum atomic E-state index is -2.49. The minimum Gasteiger partial charge on any atom is -0.399 e. The number of aromatic nitrogens is 1. The van der Waals surface area contributed by atoms with Crippen molar-refractivity contribution in [2.45, 2.75) is 70.0 Å². The van der Waals surface area contributed by atoms with Gasteiger partial charge in [-0.05, 0) is 51.6 Å². The average molecular weight is 418 g/mol. The highest BCUT2D eigenvalue weighted by Gasteiger charge is 2.55. The van der Waals surface area contributed by atoms with Gasteiger partial charge in [-0.15, -0.1) is 0 Å². The van der Waals surface area contributed by atoms with Crippen LogP contribution in [-0.4, -0.2) is 35.8 Å². The number of nitrogens with one attached hydrogen (secondary N) is 1. The van der Waals surface area contributed by atoms with Crippen molar-refractivity contribution in [1.29, 1.82) is 0 Å². The first kappa shape index (κ1) is 21.0. The molecule has 9 heteroatoms. The predicted molar refractivity (Wildman–Crippen MR) is 108 cm³/mol. The number of rotatable bonds is 6. The fraction of sp³-hybridized carbons (Fsp3) is 0.524. The highest BCUT2D eigenvalue weighted by Crippen LogP contribution is 2.52. The summed E-state index contributed by atoms with van der Waals surface area (Å²) in [6.07, 6.45) is -1.63. The Morgan fingerprint density at radius 1 is 1.13 bits per heavy atom. The Balaban J connectivity index is 1.35. The second kappa shape index (κ2) is 7.16. The lowest BCUT2D eigenvalue weighted by Crippen LogP contribution is -2.41. The maximum absolute atomic E-state index is 13.2. The van der Waals surface area contributed by atoms with Crippen molar-refractivity contribution in [2.75, 3.05) is 5.32 Å². The summed E-state index contributed by atoms with van der Waals surface area (Å²) in [6.45, 7) is 7.97. The van der Waals surface area contributed by atoms with E-state index < -0.39 is 30.2 Å². The number of anilines is 1. The molecule has 2 aromatic rings. The van der Waals surface area contributed by atoms with Gasteiger partial charge in [0, 0.05) is 6.07 Å². The van der Waals surface area contributed by atoms with Crippen molar-refractivity contribution in [3.8, 4) is 0 Å². The van der Waals surface area contributed by atoms with E-state index in [2.05, 4.69) is 10.5 Å². The first-order valence-electron chi connectivity index (χ1n) is 10.0. The van der Waals surface area contributed by atoms with Crippen LogP contribution in [-0.2, 0) is 25.9 Å². The van der Waals surface area contributed by atoms with Crippen LogP contribution >= 0.6 is 0 Å². The van der Waals surface area contributed by atoms with Crippen LogP contribution in [0.4, 0.5) is 14.7 Å². The molecule has 0 atom stereocenters. The molecule has 0 radical (unpaired) electrons. The number of carbonyl (C=O) groups excluding carboxylic acids is 1. The summed E-state index contributed by atoms with van der Waals surface area (Å²) >= 11 is 0. The number of hydrogen-bond acceptors (Lipinski definition) is 5. The van der Waals surface area contributed by atoms with Crippen molar-refractivity contribution in [3.05, 3.63) is 41.6 Å². The zero-order valence-electron chi connectivity index (χ0n) is 17.5. The van der Waals surface area contributed by atoms with E-state index in [0.717, 1.165) is 11.0 Å². The molecule has 1 aliphatic heterocycles. The van der Waals surface area contributed by atoms with E-state index in [9.17, 15) is 13.6 Å². The van der Waals surface area contributed by atoms with Gasteiger partial charge in [-0.1, -0.05) is 29.4 Å². The number of halogens is 2. The number of amides is 1. The van der Waals surface area contributed by atoms with E-state index >= 15 is 0 Å². The van der Waals surface area contributed by atoms with Gasteiger partial charge in [-0.25, -0.2) is 8.78 Å². The smallest absolute Gasteiger partial charge is 0.399 e. The highest BCUT2D eigenvalue weighted by molar-refractivity contribution is 6.62. The summed E-state index contributed by atoms with van der Waals surface area (Å²) < 4.78 is 43.4. The van der Waals surface area contributed by atoms with Crippen LogP contribution < -0.4 is 10.8 Å². The Morgan fingerprint density at radius 3 is 2.27 bits per heavy atom. The number of hydrogen-bond donors (Lipinski definition) is 1. The van der Waals surface area contributed by atoms with Gasteiger partial charge in [0.2, 0.25) is 18.2 Å². The van der Waals surface area contributed by atoms with Crippen LogP contribution in [0, 0.1) is 0 Å². The molecule has 1 aromatic carbocycles. The summed E-state index contributed by atoms with van der Waals surface area (Å²) in [4.78, 5) is 12.3. The Kier molecular flexibility index (Phi) is 5.01. The molecule has 1 saturated heterocycles. The maximum Gasteiger partial charge on any atom is 0.494 e. The number of alkyl halides is 2. The molecule has 1 aliphatic carbocycles. The molecule has 1 aromatic heterocycles. The van der Waals surface area contributed by atoms with E-state index in [-0.39, 0.29) is 23.9 Å². The Morgan fingerprint density at radius 2 is 1.73 bits per heavy atom. The minimum absolute atomic E-state index is 0.0794. The lowest BCUT2D eigenvalue weighted by atomic mass is 9.79. The van der Waals surface area contributed by atoms with E-state index in [4.69, 9.17) is 13.8 Å². The van der Waals surface area contributed by atoms with Crippen molar-refractivity contribution in [2.24, 2.45) is 0 Å². The van der Waals surface area contributed by atoms with Gasteiger partial charge in [0.15, 0.2) is 0 Å². The molecule has 0 bridgehead atoms. The molecule has 2 fully saturated rings. The van der Waals surface area contributed by atoms with E-state index in [1.807, 2.05) is 52.0 Å². The van der Waals surface area contributed by atoms with Gasteiger partial charge in [-0.2, -0.15) is 0 Å². The molecule has 160 valence electrons. The fourth-order valence-corrected chi connectivity index (χ4v) is 3.43. The Labute approximate surface area is 174 Å². The Bertz CT molecular complexity index is 923. The second-order valence-corrected chi connectivity index (χ2v) is 9.09. The molecule has 1 saturated carbocycles. The highest BCUT2D eigenvalue weighted by atomic mass is 19.3. The summed E-state index contributed by atoms with van der Waals surface area (Å²) in [5.41, 5.74) is -0.196. The van der Waals surface area contributed by atoms with Crippen LogP contribution in [0.15, 0.2) is 34.9 Å². The molecular formula is C21H25BF2N2O4. The molecule has 2 aliphatic rings. The van der Waals surface area contributed by atoms with Crippen LogP contribution in [0.1, 0.15) is 51.8 Å². The van der Waals surface area contributed by atoms with Crippen LogP contribution in [0.5, 0.6) is 0 Å². The van der Waals surface area contributed by atoms with Gasteiger partial charge in [0.25, 0.3) is 0 Å². The first-order chi connectivity index (χ1) is 14.0. The molecule has 0 unspecified atom stereocenters. The monoisotopic (exact) mass is 418 g/mol. The van der Waals surface area contributed by atoms with Crippen molar-refractivity contribution < 1.29 is 27.4 Å². The SMILES string of the molecule is CC1(C)OB(c2ccc(CC(=O)Nc3cc(C4(C(F)F)CC4)no3)cc2)OC1(C)C. The predicted octanol–water partition coefficient (Wildman–Crippen LogP) is 3.45. The van der Waals surface area contributed by atoms with Gasteiger partial charge >= 0.3 is 7.12 Å².